The number of hydrogen-bond acceptors (Lipinski definition) is 3. The smallest absolute Gasteiger partial charge is 0.305 e. The SMILES string of the molecule is C=C(C)CN(CCC(=O)O)c1cccc(C(C)=O)c1. The van der Waals surface area contributed by atoms with Crippen molar-refractivity contribution >= 4 is 17.4 Å². The normalized spacial score (nSPS) is 10.0. The molecule has 0 heterocycles. The Kier molecular flexibility index (Phi) is 5.30. The van der Waals surface area contributed by atoms with Crippen LogP contribution in [0.5, 0.6) is 0 Å². The third-order valence-electron chi connectivity index (χ3n) is 2.67. The van der Waals surface area contributed by atoms with E-state index in [0.717, 1.165) is 11.3 Å². The van der Waals surface area contributed by atoms with Crippen molar-refractivity contribution in [3.8, 4) is 0 Å². The largest absolute Gasteiger partial charge is 0.481 e. The highest BCUT2D eigenvalue weighted by Gasteiger charge is 2.10. The van der Waals surface area contributed by atoms with E-state index in [0.29, 0.717) is 18.7 Å². The molecule has 0 aliphatic heterocycles. The Morgan fingerprint density at radius 2 is 2.00 bits per heavy atom. The Balaban J connectivity index is 2.95. The molecule has 0 spiro atoms. The van der Waals surface area contributed by atoms with Gasteiger partial charge in [0.1, 0.15) is 0 Å². The first-order valence-electron chi connectivity index (χ1n) is 6.12. The molecule has 0 atom stereocenters. The van der Waals surface area contributed by atoms with Gasteiger partial charge in [-0.15, -0.1) is 0 Å². The van der Waals surface area contributed by atoms with Gasteiger partial charge in [0, 0.05) is 24.3 Å². The van der Waals surface area contributed by atoms with Gasteiger partial charge in [0.2, 0.25) is 0 Å². The molecule has 0 unspecified atom stereocenters. The number of carboxylic acid groups (broad SMARTS) is 1. The molecule has 19 heavy (non-hydrogen) atoms. The minimum absolute atomic E-state index is 0.00430. The highest BCUT2D eigenvalue weighted by atomic mass is 16.4. The molecule has 0 fully saturated rings. The second kappa shape index (κ2) is 6.73. The van der Waals surface area contributed by atoms with Gasteiger partial charge in [0.05, 0.1) is 6.42 Å². The standard InChI is InChI=1S/C15H19NO3/c1-11(2)10-16(8-7-15(18)19)14-6-4-5-13(9-14)12(3)17/h4-6,9H,1,7-8,10H2,2-3H3,(H,18,19). The molecule has 102 valence electrons. The molecule has 0 aromatic heterocycles. The van der Waals surface area contributed by atoms with E-state index in [1.807, 2.05) is 17.9 Å². The summed E-state index contributed by atoms with van der Waals surface area (Å²) in [5, 5.41) is 8.78. The van der Waals surface area contributed by atoms with Gasteiger partial charge in [-0.05, 0) is 26.0 Å². The summed E-state index contributed by atoms with van der Waals surface area (Å²) in [5.41, 5.74) is 2.41. The summed E-state index contributed by atoms with van der Waals surface area (Å²) in [6.07, 6.45) is 0.0532. The Morgan fingerprint density at radius 1 is 1.32 bits per heavy atom. The fourth-order valence-corrected chi connectivity index (χ4v) is 1.78. The van der Waals surface area contributed by atoms with Crippen LogP contribution in [0.3, 0.4) is 0 Å². The van der Waals surface area contributed by atoms with Crippen molar-refractivity contribution < 1.29 is 14.7 Å². The average molecular weight is 261 g/mol. The summed E-state index contributed by atoms with van der Waals surface area (Å²) in [5.74, 6) is -0.843. The third-order valence-corrected chi connectivity index (χ3v) is 2.67. The van der Waals surface area contributed by atoms with E-state index in [-0.39, 0.29) is 12.2 Å². The minimum Gasteiger partial charge on any atom is -0.481 e. The minimum atomic E-state index is -0.838. The van der Waals surface area contributed by atoms with E-state index in [4.69, 9.17) is 5.11 Å². The maximum atomic E-state index is 11.4. The molecule has 0 radical (unpaired) electrons. The zero-order valence-corrected chi connectivity index (χ0v) is 11.3. The molecule has 0 saturated heterocycles. The molecule has 0 amide bonds. The second-order valence-electron chi connectivity index (χ2n) is 4.63. The van der Waals surface area contributed by atoms with Gasteiger partial charge < -0.3 is 10.0 Å². The summed E-state index contributed by atoms with van der Waals surface area (Å²) in [4.78, 5) is 24.0. The average Bonchev–Trinajstić information content (AvgIpc) is 2.34. The Hall–Kier alpha value is -2.10. The van der Waals surface area contributed by atoms with Gasteiger partial charge in [0.25, 0.3) is 0 Å². The fraction of sp³-hybridized carbons (Fsp3) is 0.333. The van der Waals surface area contributed by atoms with Crippen molar-refractivity contribution in [3.63, 3.8) is 0 Å². The Labute approximate surface area is 113 Å². The number of carbonyl (C=O) groups is 2. The highest BCUT2D eigenvalue weighted by Crippen LogP contribution is 2.18. The number of carbonyl (C=O) groups excluding carboxylic acids is 1. The molecule has 0 saturated carbocycles. The van der Waals surface area contributed by atoms with Crippen LogP contribution < -0.4 is 4.90 Å². The summed E-state index contributed by atoms with van der Waals surface area (Å²) < 4.78 is 0. The van der Waals surface area contributed by atoms with Gasteiger partial charge in [-0.25, -0.2) is 0 Å². The van der Waals surface area contributed by atoms with E-state index in [1.165, 1.54) is 6.92 Å². The maximum absolute atomic E-state index is 11.4. The summed E-state index contributed by atoms with van der Waals surface area (Å²) in [6.45, 7) is 8.22. The number of anilines is 1. The number of carboxylic acids is 1. The highest BCUT2D eigenvalue weighted by molar-refractivity contribution is 5.95. The van der Waals surface area contributed by atoms with Crippen LogP contribution in [0.15, 0.2) is 36.4 Å². The fourth-order valence-electron chi connectivity index (χ4n) is 1.78. The van der Waals surface area contributed by atoms with Crippen molar-refractivity contribution in [1.29, 1.82) is 0 Å². The van der Waals surface area contributed by atoms with E-state index in [9.17, 15) is 9.59 Å². The molecule has 0 aliphatic rings. The predicted molar refractivity (Wildman–Crippen MR) is 75.7 cm³/mol. The van der Waals surface area contributed by atoms with E-state index >= 15 is 0 Å². The topological polar surface area (TPSA) is 57.6 Å². The first kappa shape index (κ1) is 15.0. The molecule has 1 aromatic rings. The van der Waals surface area contributed by atoms with Gasteiger partial charge in [-0.1, -0.05) is 24.3 Å². The van der Waals surface area contributed by atoms with Crippen LogP contribution in [0.1, 0.15) is 30.6 Å². The first-order chi connectivity index (χ1) is 8.90. The zero-order valence-electron chi connectivity index (χ0n) is 11.3. The number of hydrogen-bond donors (Lipinski definition) is 1. The van der Waals surface area contributed by atoms with Crippen molar-refractivity contribution in [3.05, 3.63) is 42.0 Å². The number of benzene rings is 1. The lowest BCUT2D eigenvalue weighted by Gasteiger charge is -2.24. The lowest BCUT2D eigenvalue weighted by Crippen LogP contribution is -2.27. The van der Waals surface area contributed by atoms with Gasteiger partial charge >= 0.3 is 5.97 Å². The molecule has 4 heteroatoms. The van der Waals surface area contributed by atoms with Gasteiger partial charge in [0.15, 0.2) is 5.78 Å². The molecule has 1 rings (SSSR count). The van der Waals surface area contributed by atoms with Crippen molar-refractivity contribution in [2.75, 3.05) is 18.0 Å². The second-order valence-corrected chi connectivity index (χ2v) is 4.63. The monoisotopic (exact) mass is 261 g/mol. The number of ketones is 1. The Morgan fingerprint density at radius 3 is 2.53 bits per heavy atom. The number of nitrogens with zero attached hydrogens (tertiary/aromatic N) is 1. The molecule has 4 nitrogen and oxygen atoms in total. The number of aliphatic carboxylic acids is 1. The lowest BCUT2D eigenvalue weighted by molar-refractivity contribution is -0.136. The van der Waals surface area contributed by atoms with E-state index in [1.54, 1.807) is 18.2 Å². The molecule has 1 N–H and O–H groups in total. The summed E-state index contributed by atoms with van der Waals surface area (Å²) >= 11 is 0. The molecular weight excluding hydrogens is 242 g/mol. The van der Waals surface area contributed by atoms with Crippen molar-refractivity contribution in [2.45, 2.75) is 20.3 Å². The molecular formula is C15H19NO3. The van der Waals surface area contributed by atoms with Crippen LogP contribution in [-0.2, 0) is 4.79 Å². The lowest BCUT2D eigenvalue weighted by atomic mass is 10.1. The van der Waals surface area contributed by atoms with Crippen LogP contribution in [0.25, 0.3) is 0 Å². The van der Waals surface area contributed by atoms with Gasteiger partial charge in [-0.2, -0.15) is 0 Å². The van der Waals surface area contributed by atoms with Crippen LogP contribution in [-0.4, -0.2) is 29.9 Å². The summed E-state index contributed by atoms with van der Waals surface area (Å²) in [7, 11) is 0. The first-order valence-corrected chi connectivity index (χ1v) is 6.12. The number of Topliss-reactive ketones (excluding diaryl/α,β-unsaturated/α-hetero) is 1. The zero-order chi connectivity index (χ0) is 14.4. The van der Waals surface area contributed by atoms with Crippen LogP contribution in [0.2, 0.25) is 0 Å². The van der Waals surface area contributed by atoms with Crippen molar-refractivity contribution in [1.82, 2.24) is 0 Å². The molecule has 1 aromatic carbocycles. The molecule has 0 aliphatic carbocycles. The maximum Gasteiger partial charge on any atom is 0.305 e. The third kappa shape index (κ3) is 4.95. The number of rotatable bonds is 7. The van der Waals surface area contributed by atoms with E-state index in [2.05, 4.69) is 6.58 Å². The predicted octanol–water partition coefficient (Wildman–Crippen LogP) is 2.75. The van der Waals surface area contributed by atoms with Crippen LogP contribution in [0, 0.1) is 0 Å². The van der Waals surface area contributed by atoms with E-state index < -0.39 is 5.97 Å². The van der Waals surface area contributed by atoms with Gasteiger partial charge in [-0.3, -0.25) is 9.59 Å². The summed E-state index contributed by atoms with van der Waals surface area (Å²) in [6, 6.07) is 7.21. The quantitative estimate of drug-likeness (QED) is 0.605. The molecule has 0 bridgehead atoms. The van der Waals surface area contributed by atoms with Crippen molar-refractivity contribution in [2.24, 2.45) is 0 Å². The van der Waals surface area contributed by atoms with Crippen LogP contribution in [0.4, 0.5) is 5.69 Å². The Bertz CT molecular complexity index is 494. The van der Waals surface area contributed by atoms with Crippen LogP contribution >= 0.6 is 0 Å².